The molecule has 0 amide bonds. The molecule has 5 rings (SSSR count). The van der Waals surface area contributed by atoms with Gasteiger partial charge in [-0.2, -0.15) is 0 Å². The van der Waals surface area contributed by atoms with Gasteiger partial charge in [0.1, 0.15) is 0 Å². The zero-order valence-corrected chi connectivity index (χ0v) is 41.1. The van der Waals surface area contributed by atoms with E-state index in [0.29, 0.717) is 55.9 Å². The molecule has 2 unspecified atom stereocenters. The molecule has 372 valence electrons. The summed E-state index contributed by atoms with van der Waals surface area (Å²) < 4.78 is 10.4. The third-order valence-corrected chi connectivity index (χ3v) is 14.8. The minimum absolute atomic E-state index is 0.281. The molecule has 0 heterocycles. The van der Waals surface area contributed by atoms with Gasteiger partial charge in [-0.05, 0) is 223 Å². The first-order valence-electron chi connectivity index (χ1n) is 25.9. The zero-order chi connectivity index (χ0) is 46.0. The van der Waals surface area contributed by atoms with Gasteiger partial charge in [-0.25, -0.2) is 0 Å². The van der Waals surface area contributed by atoms with Gasteiger partial charge in [0.2, 0.25) is 0 Å². The average molecular weight is 884 g/mol. The Morgan fingerprint density at radius 2 is 0.726 bits per heavy atom. The Kier molecular flexibility index (Phi) is 36.0. The molecule has 0 radical (unpaired) electrons. The summed E-state index contributed by atoms with van der Waals surface area (Å²) in [5.74, 6) is 3.73. The summed E-state index contributed by atoms with van der Waals surface area (Å²) in [5, 5.41) is 0. The molecule has 0 aromatic carbocycles. The topological polar surface area (TPSA) is 282 Å². The van der Waals surface area contributed by atoms with Gasteiger partial charge in [0, 0.05) is 49.5 Å². The van der Waals surface area contributed by atoms with Crippen molar-refractivity contribution in [2.24, 2.45) is 86.4 Å². The highest BCUT2D eigenvalue weighted by Gasteiger charge is 2.39. The highest BCUT2D eigenvalue weighted by molar-refractivity contribution is 4.91. The molecule has 13 heteroatoms. The molecule has 2 atom stereocenters. The van der Waals surface area contributed by atoms with Crippen LogP contribution in [0.15, 0.2) is 0 Å². The molecule has 0 spiro atoms. The molecule has 0 bridgehead atoms. The number of hydrogen-bond donors (Lipinski definition) is 10. The first-order chi connectivity index (χ1) is 29.8. The summed E-state index contributed by atoms with van der Waals surface area (Å²) >= 11 is 0. The molecule has 0 aromatic heterocycles. The molecule has 62 heavy (non-hydrogen) atoms. The van der Waals surface area contributed by atoms with Crippen molar-refractivity contribution in [1.82, 2.24) is 4.90 Å². The molecule has 5 fully saturated rings. The average Bonchev–Trinajstić information content (AvgIpc) is 3.27. The summed E-state index contributed by atoms with van der Waals surface area (Å²) in [7, 11) is 2.10. The van der Waals surface area contributed by atoms with Crippen molar-refractivity contribution in [2.45, 2.75) is 211 Å². The van der Waals surface area contributed by atoms with Gasteiger partial charge < -0.3 is 71.7 Å². The van der Waals surface area contributed by atoms with Gasteiger partial charge in [0.05, 0.1) is 13.2 Å². The predicted molar refractivity (Wildman–Crippen MR) is 266 cm³/mol. The van der Waals surface area contributed by atoms with Crippen LogP contribution in [0.4, 0.5) is 0 Å². The van der Waals surface area contributed by atoms with Crippen LogP contribution < -0.4 is 57.3 Å². The fraction of sp³-hybridized carbons (Fsp3) is 1.00. The highest BCUT2D eigenvalue weighted by Crippen LogP contribution is 2.48. The van der Waals surface area contributed by atoms with E-state index in [-0.39, 0.29) is 12.1 Å². The van der Waals surface area contributed by atoms with Crippen LogP contribution in [0.2, 0.25) is 0 Å². The van der Waals surface area contributed by atoms with E-state index in [2.05, 4.69) is 25.8 Å². The summed E-state index contributed by atoms with van der Waals surface area (Å²) in [6.07, 6.45) is 31.1. The fourth-order valence-electron chi connectivity index (χ4n) is 10.1. The lowest BCUT2D eigenvalue weighted by molar-refractivity contribution is 0.0471. The van der Waals surface area contributed by atoms with E-state index in [4.69, 9.17) is 66.8 Å². The molecule has 5 aliphatic rings. The van der Waals surface area contributed by atoms with Crippen molar-refractivity contribution in [2.75, 3.05) is 72.7 Å². The molecule has 0 saturated heterocycles. The Bertz CT molecular complexity index is 896. The van der Waals surface area contributed by atoms with Gasteiger partial charge in [0.25, 0.3) is 0 Å². The van der Waals surface area contributed by atoms with E-state index in [1.165, 1.54) is 122 Å². The van der Waals surface area contributed by atoms with E-state index in [0.717, 1.165) is 102 Å². The number of nitrogens with two attached hydrogens (primary N) is 10. The van der Waals surface area contributed by atoms with E-state index >= 15 is 0 Å². The maximum Gasteiger partial charge on any atom is 0.0700 e. The Morgan fingerprint density at radius 1 is 0.419 bits per heavy atom. The molecule has 0 aromatic rings. The first kappa shape index (κ1) is 59.5. The lowest BCUT2D eigenvalue weighted by atomic mass is 9.60. The monoisotopic (exact) mass is 884 g/mol. The second-order valence-electron chi connectivity index (χ2n) is 20.6. The Balaban J connectivity index is 0.000000397. The zero-order valence-electron chi connectivity index (χ0n) is 41.1. The second kappa shape index (κ2) is 37.6. The Morgan fingerprint density at radius 3 is 1.02 bits per heavy atom. The van der Waals surface area contributed by atoms with Gasteiger partial charge in [0.15, 0.2) is 0 Å². The van der Waals surface area contributed by atoms with Crippen LogP contribution in [0, 0.1) is 29.1 Å². The summed E-state index contributed by atoms with van der Waals surface area (Å²) in [5.41, 5.74) is 57.0. The van der Waals surface area contributed by atoms with Crippen molar-refractivity contribution in [1.29, 1.82) is 0 Å². The number of rotatable bonds is 19. The minimum atomic E-state index is 0.281. The third-order valence-electron chi connectivity index (χ3n) is 14.8. The van der Waals surface area contributed by atoms with E-state index < -0.39 is 0 Å². The fourth-order valence-corrected chi connectivity index (χ4v) is 10.1. The number of hydrogen-bond acceptors (Lipinski definition) is 13. The largest absolute Gasteiger partial charge is 0.379 e. The molecular weight excluding hydrogens is 775 g/mol. The molecular formula is C49H109N11O2. The summed E-state index contributed by atoms with van der Waals surface area (Å²) in [4.78, 5) is 2.26. The summed E-state index contributed by atoms with van der Waals surface area (Å²) in [6, 6.07) is 2.51. The van der Waals surface area contributed by atoms with Crippen molar-refractivity contribution >= 4 is 0 Å². The maximum atomic E-state index is 6.02. The van der Waals surface area contributed by atoms with Gasteiger partial charge in [-0.1, -0.05) is 26.7 Å². The predicted octanol–water partition coefficient (Wildman–Crippen LogP) is 5.01. The molecule has 5 aliphatic carbocycles. The van der Waals surface area contributed by atoms with E-state index in [1.807, 2.05) is 0 Å². The molecule has 20 N–H and O–H groups in total. The van der Waals surface area contributed by atoms with Crippen LogP contribution in [0.3, 0.4) is 0 Å². The smallest absolute Gasteiger partial charge is 0.0700 e. The number of ether oxygens (including phenoxy) is 2. The van der Waals surface area contributed by atoms with Crippen LogP contribution in [-0.2, 0) is 9.47 Å². The van der Waals surface area contributed by atoms with Crippen LogP contribution in [0.1, 0.15) is 174 Å². The third kappa shape index (κ3) is 29.2. The second-order valence-corrected chi connectivity index (χ2v) is 20.6. The summed E-state index contributed by atoms with van der Waals surface area (Å²) in [6.45, 7) is 12.9. The normalized spacial score (nSPS) is 30.3. The van der Waals surface area contributed by atoms with Crippen molar-refractivity contribution < 1.29 is 9.47 Å². The van der Waals surface area contributed by atoms with Crippen LogP contribution >= 0.6 is 0 Å². The van der Waals surface area contributed by atoms with Crippen molar-refractivity contribution in [3.63, 3.8) is 0 Å². The van der Waals surface area contributed by atoms with Crippen LogP contribution in [0.25, 0.3) is 0 Å². The van der Waals surface area contributed by atoms with Gasteiger partial charge >= 0.3 is 0 Å². The number of nitrogens with zero attached hydrogens (tertiary/aromatic N) is 1. The SMILES string of the molecule is CC(C)(C1CCC(N)CC1)C1CCC(N)CC1.CN(CCCN)CCCN.NC1CCC(CC2CCC(N)CC2)CC1.NC1CCCCC1N.NCCCOCCOCCCN. The molecule has 13 nitrogen and oxygen atoms in total. The quantitative estimate of drug-likeness (QED) is 0.0765. The van der Waals surface area contributed by atoms with Crippen LogP contribution in [0.5, 0.6) is 0 Å². The standard InChI is InChI=1S/C15H30N2.C13H26N2.C8H20N2O2.C7H19N3.C6H14N2/c1-15(2,11-3-7-13(16)8-4-11)12-5-9-14(17)10-6-12;14-12-5-1-10(2-6-12)9-11-3-7-13(15)8-4-11;9-3-1-5-11-7-8-12-6-2-4-10;1-10(6-2-4-8)7-3-5-9;7-5-3-1-2-4-6(5)8/h11-14H,3-10,16-17H2,1-2H3;10-13H,1-9,14-15H2;1-10H2;2-9H2,1H3;5-6H,1-4,7-8H2. The highest BCUT2D eigenvalue weighted by atomic mass is 16.5. The lowest BCUT2D eigenvalue weighted by Gasteiger charge is -2.46. The van der Waals surface area contributed by atoms with E-state index in [1.54, 1.807) is 0 Å². The van der Waals surface area contributed by atoms with Crippen molar-refractivity contribution in [3.8, 4) is 0 Å². The Labute approximate surface area is 383 Å². The maximum absolute atomic E-state index is 6.02. The lowest BCUT2D eigenvalue weighted by Crippen LogP contribution is -2.43. The van der Waals surface area contributed by atoms with E-state index in [9.17, 15) is 0 Å². The molecule has 5 saturated carbocycles. The molecule has 0 aliphatic heterocycles. The van der Waals surface area contributed by atoms with Crippen LogP contribution in [-0.4, -0.2) is 114 Å². The Hall–Kier alpha value is -0.520. The van der Waals surface area contributed by atoms with Gasteiger partial charge in [-0.15, -0.1) is 0 Å². The minimum Gasteiger partial charge on any atom is -0.379 e. The van der Waals surface area contributed by atoms with Gasteiger partial charge in [-0.3, -0.25) is 0 Å². The first-order valence-corrected chi connectivity index (χ1v) is 25.9. The van der Waals surface area contributed by atoms with Crippen molar-refractivity contribution in [3.05, 3.63) is 0 Å².